The Balaban J connectivity index is 2.49. The second kappa shape index (κ2) is 4.30. The minimum atomic E-state index is -0.318. The van der Waals surface area contributed by atoms with E-state index in [0.29, 0.717) is 13.0 Å². The smallest absolute Gasteiger partial charge is 0.330 e. The van der Waals surface area contributed by atoms with Crippen LogP contribution < -0.4 is 0 Å². The Morgan fingerprint density at radius 3 is 3.17 bits per heavy atom. The Kier molecular flexibility index (Phi) is 3.34. The highest BCUT2D eigenvalue weighted by Crippen LogP contribution is 2.18. The molecule has 0 aromatic rings. The molecule has 0 saturated carbocycles. The summed E-state index contributed by atoms with van der Waals surface area (Å²) in [5.41, 5.74) is 0. The number of hydrogen-bond donors (Lipinski definition) is 0. The summed E-state index contributed by atoms with van der Waals surface area (Å²) >= 11 is 1.23. The van der Waals surface area contributed by atoms with Gasteiger partial charge in [0.1, 0.15) is 0 Å². The van der Waals surface area contributed by atoms with Crippen molar-refractivity contribution in [3.63, 3.8) is 0 Å². The highest BCUT2D eigenvalue weighted by molar-refractivity contribution is 8.14. The molecule has 3 nitrogen and oxygen atoms in total. The van der Waals surface area contributed by atoms with Crippen LogP contribution in [0.5, 0.6) is 0 Å². The molecule has 1 aliphatic heterocycles. The van der Waals surface area contributed by atoms with Crippen molar-refractivity contribution in [2.75, 3.05) is 6.61 Å². The maximum atomic E-state index is 10.7. The number of ether oxygens (including phenoxy) is 1. The summed E-state index contributed by atoms with van der Waals surface area (Å²) in [5.74, 6) is -0.318. The highest BCUT2D eigenvalue weighted by Gasteiger charge is 2.13. The van der Waals surface area contributed by atoms with Crippen LogP contribution in [0.15, 0.2) is 12.2 Å². The molecule has 0 radical (unpaired) electrons. The molecule has 0 amide bonds. The van der Waals surface area contributed by atoms with E-state index in [1.54, 1.807) is 6.08 Å². The monoisotopic (exact) mass is 186 g/mol. The van der Waals surface area contributed by atoms with Gasteiger partial charge in [-0.2, -0.15) is 0 Å². The van der Waals surface area contributed by atoms with E-state index < -0.39 is 0 Å². The second-order valence-electron chi connectivity index (χ2n) is 2.46. The fourth-order valence-electron chi connectivity index (χ4n) is 0.917. The minimum absolute atomic E-state index is 0.0685. The van der Waals surface area contributed by atoms with Gasteiger partial charge in [-0.1, -0.05) is 17.8 Å². The zero-order valence-electron chi connectivity index (χ0n) is 6.78. The van der Waals surface area contributed by atoms with Crippen LogP contribution in [0.3, 0.4) is 0 Å². The van der Waals surface area contributed by atoms with Gasteiger partial charge in [-0.25, -0.2) is 4.79 Å². The third-order valence-electron chi connectivity index (χ3n) is 1.41. The molecule has 0 spiro atoms. The first-order chi connectivity index (χ1) is 5.68. The lowest BCUT2D eigenvalue weighted by Crippen LogP contribution is -2.04. The molecule has 66 valence electrons. The topological polar surface area (TPSA) is 43.4 Å². The molecule has 1 unspecified atom stereocenters. The average Bonchev–Trinajstić information content (AvgIpc) is 2.15. The number of hydrogen-bond acceptors (Lipinski definition) is 4. The number of carbonyl (C=O) groups is 2. The molecule has 0 saturated heterocycles. The number of rotatable bonds is 1. The van der Waals surface area contributed by atoms with Crippen LogP contribution in [-0.4, -0.2) is 22.9 Å². The molecule has 0 aromatic heterocycles. The maximum Gasteiger partial charge on any atom is 0.330 e. The Labute approximate surface area is 75.2 Å². The van der Waals surface area contributed by atoms with Crippen LogP contribution in [0.1, 0.15) is 13.3 Å². The van der Waals surface area contributed by atoms with Crippen LogP contribution in [0.4, 0.5) is 0 Å². The van der Waals surface area contributed by atoms with Crippen LogP contribution in [0.25, 0.3) is 0 Å². The predicted octanol–water partition coefficient (Wildman–Crippen LogP) is 1.14. The van der Waals surface area contributed by atoms with E-state index >= 15 is 0 Å². The molecule has 4 heteroatoms. The number of cyclic esters (lactones) is 1. The first-order valence-corrected chi connectivity index (χ1v) is 4.58. The van der Waals surface area contributed by atoms with Crippen LogP contribution in [0.2, 0.25) is 0 Å². The van der Waals surface area contributed by atoms with Crippen LogP contribution >= 0.6 is 11.8 Å². The Morgan fingerprint density at radius 1 is 1.75 bits per heavy atom. The summed E-state index contributed by atoms with van der Waals surface area (Å²) < 4.78 is 4.76. The molecular weight excluding hydrogens is 176 g/mol. The van der Waals surface area contributed by atoms with Gasteiger partial charge in [-0.3, -0.25) is 4.79 Å². The Bertz CT molecular complexity index is 222. The van der Waals surface area contributed by atoms with Crippen LogP contribution in [-0.2, 0) is 14.3 Å². The lowest BCUT2D eigenvalue weighted by molar-refractivity contribution is -0.137. The predicted molar refractivity (Wildman–Crippen MR) is 46.8 cm³/mol. The number of carbonyl (C=O) groups excluding carboxylic acids is 2. The van der Waals surface area contributed by atoms with E-state index in [1.165, 1.54) is 24.8 Å². The molecule has 0 aromatic carbocycles. The molecule has 1 heterocycles. The standard InChI is InChI=1S/C8H10O3S/c1-6(9)12-7-2-3-8(10)11-5-4-7/h2-3,7H,4-5H2,1H3. The van der Waals surface area contributed by atoms with Crippen LogP contribution in [0, 0.1) is 0 Å². The van der Waals surface area contributed by atoms with Crippen molar-refractivity contribution in [3.8, 4) is 0 Å². The fraction of sp³-hybridized carbons (Fsp3) is 0.500. The van der Waals surface area contributed by atoms with Crippen molar-refractivity contribution in [1.82, 2.24) is 0 Å². The van der Waals surface area contributed by atoms with E-state index in [1.807, 2.05) is 0 Å². The normalized spacial score (nSPS) is 23.1. The lowest BCUT2D eigenvalue weighted by Gasteiger charge is -2.05. The lowest BCUT2D eigenvalue weighted by atomic mass is 10.3. The molecule has 1 aliphatic rings. The molecule has 0 aliphatic carbocycles. The first kappa shape index (κ1) is 9.32. The summed E-state index contributed by atoms with van der Waals surface area (Å²) in [6, 6.07) is 0. The molecule has 0 bridgehead atoms. The average molecular weight is 186 g/mol. The van der Waals surface area contributed by atoms with E-state index in [-0.39, 0.29) is 16.3 Å². The van der Waals surface area contributed by atoms with Crippen molar-refractivity contribution in [3.05, 3.63) is 12.2 Å². The van der Waals surface area contributed by atoms with E-state index in [4.69, 9.17) is 4.74 Å². The summed E-state index contributed by atoms with van der Waals surface area (Å²) in [6.45, 7) is 1.92. The number of thioether (sulfide) groups is 1. The third kappa shape index (κ3) is 3.09. The third-order valence-corrected chi connectivity index (χ3v) is 2.44. The highest BCUT2D eigenvalue weighted by atomic mass is 32.2. The fourth-order valence-corrected chi connectivity index (χ4v) is 1.71. The van der Waals surface area contributed by atoms with Gasteiger partial charge in [0.15, 0.2) is 5.12 Å². The molecule has 0 fully saturated rings. The van der Waals surface area contributed by atoms with Crippen molar-refractivity contribution in [1.29, 1.82) is 0 Å². The van der Waals surface area contributed by atoms with Gasteiger partial charge in [-0.15, -0.1) is 0 Å². The van der Waals surface area contributed by atoms with Gasteiger partial charge in [0.2, 0.25) is 0 Å². The van der Waals surface area contributed by atoms with Gasteiger partial charge in [0.05, 0.1) is 6.61 Å². The van der Waals surface area contributed by atoms with Gasteiger partial charge >= 0.3 is 5.97 Å². The molecule has 0 N–H and O–H groups in total. The van der Waals surface area contributed by atoms with Crippen molar-refractivity contribution >= 4 is 22.8 Å². The molecule has 1 rings (SSSR count). The van der Waals surface area contributed by atoms with Gasteiger partial charge in [0, 0.05) is 18.2 Å². The largest absolute Gasteiger partial charge is 0.462 e. The van der Waals surface area contributed by atoms with Gasteiger partial charge in [0.25, 0.3) is 0 Å². The molecular formula is C8H10O3S. The first-order valence-electron chi connectivity index (χ1n) is 3.70. The molecule has 12 heavy (non-hydrogen) atoms. The summed E-state index contributed by atoms with van der Waals surface area (Å²) in [6.07, 6.45) is 3.82. The number of esters is 1. The zero-order valence-corrected chi connectivity index (χ0v) is 7.60. The Hall–Kier alpha value is -0.770. The van der Waals surface area contributed by atoms with Gasteiger partial charge < -0.3 is 4.74 Å². The van der Waals surface area contributed by atoms with Gasteiger partial charge in [-0.05, 0) is 6.42 Å². The summed E-state index contributed by atoms with van der Waals surface area (Å²) in [7, 11) is 0. The van der Waals surface area contributed by atoms with E-state index in [0.717, 1.165) is 0 Å². The van der Waals surface area contributed by atoms with Crippen molar-refractivity contribution in [2.24, 2.45) is 0 Å². The van der Waals surface area contributed by atoms with Crippen molar-refractivity contribution in [2.45, 2.75) is 18.6 Å². The van der Waals surface area contributed by atoms with E-state index in [2.05, 4.69) is 0 Å². The second-order valence-corrected chi connectivity index (χ2v) is 3.88. The van der Waals surface area contributed by atoms with E-state index in [9.17, 15) is 9.59 Å². The molecule has 1 atom stereocenters. The zero-order chi connectivity index (χ0) is 8.97. The maximum absolute atomic E-state index is 10.7. The minimum Gasteiger partial charge on any atom is -0.462 e. The summed E-state index contributed by atoms with van der Waals surface area (Å²) in [5, 5.41) is 0.160. The SMILES string of the molecule is CC(=O)SC1C=CC(=O)OCC1. The summed E-state index contributed by atoms with van der Waals surface area (Å²) in [4.78, 5) is 21.4. The Morgan fingerprint density at radius 2 is 2.50 bits per heavy atom. The van der Waals surface area contributed by atoms with Crippen molar-refractivity contribution < 1.29 is 14.3 Å². The quantitative estimate of drug-likeness (QED) is 0.576.